The van der Waals surface area contributed by atoms with E-state index in [1.807, 2.05) is 24.1 Å². The van der Waals surface area contributed by atoms with Gasteiger partial charge in [-0.3, -0.25) is 0 Å². The summed E-state index contributed by atoms with van der Waals surface area (Å²) >= 11 is 3.37. The SMILES string of the molecule is CCCNCc1scc(C)c1S(=O)(=O)N(C)C1CCSC1. The first-order valence-electron chi connectivity index (χ1n) is 7.32. The summed E-state index contributed by atoms with van der Waals surface area (Å²) in [7, 11) is -1.66. The quantitative estimate of drug-likeness (QED) is 0.770. The molecule has 1 N–H and O–H groups in total. The first-order valence-corrected chi connectivity index (χ1v) is 10.8. The molecule has 0 amide bonds. The van der Waals surface area contributed by atoms with Crippen LogP contribution in [0.1, 0.15) is 30.2 Å². The lowest BCUT2D eigenvalue weighted by atomic mass is 10.3. The van der Waals surface area contributed by atoms with E-state index in [-0.39, 0.29) is 6.04 Å². The van der Waals surface area contributed by atoms with Crippen molar-refractivity contribution in [1.29, 1.82) is 0 Å². The van der Waals surface area contributed by atoms with E-state index in [9.17, 15) is 8.42 Å². The van der Waals surface area contributed by atoms with E-state index in [0.29, 0.717) is 11.4 Å². The summed E-state index contributed by atoms with van der Waals surface area (Å²) in [5, 5.41) is 5.26. The summed E-state index contributed by atoms with van der Waals surface area (Å²) in [5.74, 6) is 1.96. The van der Waals surface area contributed by atoms with Gasteiger partial charge in [0.25, 0.3) is 0 Å². The monoisotopic (exact) mass is 348 g/mol. The van der Waals surface area contributed by atoms with E-state index in [4.69, 9.17) is 0 Å². The predicted octanol–water partition coefficient (Wildman–Crippen LogP) is 2.68. The molecule has 1 atom stereocenters. The standard InChI is InChI=1S/C14H24N2O2S3/c1-4-6-15-8-13-14(11(2)9-20-13)21(17,18)16(3)12-5-7-19-10-12/h9,12,15H,4-8,10H2,1-3H3. The zero-order valence-electron chi connectivity index (χ0n) is 12.9. The molecular weight excluding hydrogens is 324 g/mol. The average Bonchev–Trinajstić information content (AvgIpc) is 3.08. The van der Waals surface area contributed by atoms with Crippen LogP contribution in [0.3, 0.4) is 0 Å². The molecule has 1 unspecified atom stereocenters. The zero-order valence-corrected chi connectivity index (χ0v) is 15.3. The second kappa shape index (κ2) is 7.46. The summed E-state index contributed by atoms with van der Waals surface area (Å²) in [6.07, 6.45) is 2.00. The molecule has 7 heteroatoms. The van der Waals surface area contributed by atoms with E-state index in [2.05, 4.69) is 12.2 Å². The Morgan fingerprint density at radius 1 is 1.48 bits per heavy atom. The van der Waals surface area contributed by atoms with Gasteiger partial charge in [0, 0.05) is 30.3 Å². The van der Waals surface area contributed by atoms with Crippen LogP contribution >= 0.6 is 23.1 Å². The molecular formula is C14H24N2O2S3. The lowest BCUT2D eigenvalue weighted by Gasteiger charge is -2.24. The zero-order chi connectivity index (χ0) is 15.5. The maximum atomic E-state index is 13.0. The molecule has 0 radical (unpaired) electrons. The minimum atomic E-state index is -3.39. The number of nitrogens with one attached hydrogen (secondary N) is 1. The van der Waals surface area contributed by atoms with Gasteiger partial charge in [-0.1, -0.05) is 6.92 Å². The van der Waals surface area contributed by atoms with Gasteiger partial charge in [-0.2, -0.15) is 16.1 Å². The molecule has 4 nitrogen and oxygen atoms in total. The predicted molar refractivity (Wildman–Crippen MR) is 91.7 cm³/mol. The van der Waals surface area contributed by atoms with Crippen LogP contribution in [-0.2, 0) is 16.6 Å². The summed E-state index contributed by atoms with van der Waals surface area (Å²) < 4.78 is 27.5. The van der Waals surface area contributed by atoms with Crippen LogP contribution in [0, 0.1) is 6.92 Å². The third-order valence-corrected chi connectivity index (χ3v) is 8.28. The smallest absolute Gasteiger partial charge is 0.244 e. The van der Waals surface area contributed by atoms with Crippen LogP contribution < -0.4 is 5.32 Å². The van der Waals surface area contributed by atoms with Crippen LogP contribution in [-0.4, -0.2) is 43.9 Å². The van der Waals surface area contributed by atoms with Gasteiger partial charge in [0.1, 0.15) is 4.90 Å². The first kappa shape index (κ1) is 17.3. The van der Waals surface area contributed by atoms with Crippen molar-refractivity contribution in [3.8, 4) is 0 Å². The number of aryl methyl sites for hydroxylation is 1. The lowest BCUT2D eigenvalue weighted by molar-refractivity contribution is 0.394. The summed E-state index contributed by atoms with van der Waals surface area (Å²) in [6, 6.07) is 0.135. The maximum Gasteiger partial charge on any atom is 0.244 e. The van der Waals surface area contributed by atoms with Crippen molar-refractivity contribution in [2.24, 2.45) is 0 Å². The van der Waals surface area contributed by atoms with Gasteiger partial charge in [-0.25, -0.2) is 8.42 Å². The third-order valence-electron chi connectivity index (χ3n) is 3.76. The van der Waals surface area contributed by atoms with Crippen molar-refractivity contribution in [3.63, 3.8) is 0 Å². The fraction of sp³-hybridized carbons (Fsp3) is 0.714. The van der Waals surface area contributed by atoms with Gasteiger partial charge >= 0.3 is 0 Å². The highest BCUT2D eigenvalue weighted by Gasteiger charge is 2.33. The first-order chi connectivity index (χ1) is 9.98. The molecule has 1 aliphatic heterocycles. The molecule has 0 saturated carbocycles. The van der Waals surface area contributed by atoms with E-state index < -0.39 is 10.0 Å². The Bertz CT molecular complexity index is 563. The van der Waals surface area contributed by atoms with Crippen LogP contribution in [0.25, 0.3) is 0 Å². The van der Waals surface area contributed by atoms with E-state index in [1.165, 1.54) is 11.3 Å². The van der Waals surface area contributed by atoms with Crippen molar-refractivity contribution in [1.82, 2.24) is 9.62 Å². The molecule has 1 fully saturated rings. The number of nitrogens with zero attached hydrogens (tertiary/aromatic N) is 1. The van der Waals surface area contributed by atoms with Crippen molar-refractivity contribution in [2.45, 2.75) is 44.2 Å². The maximum absolute atomic E-state index is 13.0. The lowest BCUT2D eigenvalue weighted by Crippen LogP contribution is -2.37. The number of sulfonamides is 1. The second-order valence-corrected chi connectivity index (χ2v) is 9.43. The van der Waals surface area contributed by atoms with Crippen molar-refractivity contribution >= 4 is 33.1 Å². The fourth-order valence-corrected chi connectivity index (χ4v) is 6.96. The number of hydrogen-bond acceptors (Lipinski definition) is 5. The van der Waals surface area contributed by atoms with Crippen molar-refractivity contribution in [2.75, 3.05) is 25.1 Å². The van der Waals surface area contributed by atoms with Gasteiger partial charge in [-0.15, -0.1) is 11.3 Å². The molecule has 1 aliphatic rings. The Morgan fingerprint density at radius 3 is 2.86 bits per heavy atom. The minimum absolute atomic E-state index is 0.135. The Kier molecular flexibility index (Phi) is 6.14. The molecule has 2 heterocycles. The van der Waals surface area contributed by atoms with Gasteiger partial charge in [0.15, 0.2) is 0 Å². The average molecular weight is 349 g/mol. The summed E-state index contributed by atoms with van der Waals surface area (Å²) in [4.78, 5) is 1.45. The van der Waals surface area contributed by atoms with E-state index in [0.717, 1.165) is 41.3 Å². The molecule has 0 aromatic carbocycles. The molecule has 0 aliphatic carbocycles. The third kappa shape index (κ3) is 3.82. The molecule has 0 bridgehead atoms. The molecule has 120 valence electrons. The molecule has 1 saturated heterocycles. The van der Waals surface area contributed by atoms with Crippen molar-refractivity contribution < 1.29 is 8.42 Å². The Hall–Kier alpha value is -0.0800. The highest BCUT2D eigenvalue weighted by Crippen LogP contribution is 2.32. The molecule has 1 aromatic heterocycles. The Labute approximate surface area is 136 Å². The van der Waals surface area contributed by atoms with Gasteiger partial charge < -0.3 is 5.32 Å². The minimum Gasteiger partial charge on any atom is -0.312 e. The topological polar surface area (TPSA) is 49.4 Å². The number of thiophene rings is 1. The van der Waals surface area contributed by atoms with Crippen LogP contribution in [0.2, 0.25) is 0 Å². The fourth-order valence-electron chi connectivity index (χ4n) is 2.48. The van der Waals surface area contributed by atoms with Crippen LogP contribution in [0.5, 0.6) is 0 Å². The largest absolute Gasteiger partial charge is 0.312 e. The van der Waals surface area contributed by atoms with E-state index in [1.54, 1.807) is 11.4 Å². The van der Waals surface area contributed by atoms with E-state index >= 15 is 0 Å². The number of hydrogen-bond donors (Lipinski definition) is 1. The molecule has 2 rings (SSSR count). The summed E-state index contributed by atoms with van der Waals surface area (Å²) in [6.45, 7) is 5.54. The van der Waals surface area contributed by atoms with Crippen molar-refractivity contribution in [3.05, 3.63) is 15.8 Å². The Morgan fingerprint density at radius 2 is 2.24 bits per heavy atom. The van der Waals surface area contributed by atoms with Gasteiger partial charge in [0.05, 0.1) is 0 Å². The molecule has 1 aromatic rings. The van der Waals surface area contributed by atoms with Crippen LogP contribution in [0.15, 0.2) is 10.3 Å². The van der Waals surface area contributed by atoms with Crippen LogP contribution in [0.4, 0.5) is 0 Å². The molecule has 21 heavy (non-hydrogen) atoms. The normalized spacial score (nSPS) is 19.5. The molecule has 0 spiro atoms. The number of rotatable bonds is 7. The van der Waals surface area contributed by atoms with Gasteiger partial charge in [0.2, 0.25) is 10.0 Å². The van der Waals surface area contributed by atoms with Gasteiger partial charge in [-0.05, 0) is 43.0 Å². The second-order valence-electron chi connectivity index (χ2n) is 5.39. The highest BCUT2D eigenvalue weighted by molar-refractivity contribution is 7.99. The Balaban J connectivity index is 2.24. The highest BCUT2D eigenvalue weighted by atomic mass is 32.2. The number of thioether (sulfide) groups is 1. The summed E-state index contributed by atoms with van der Waals surface area (Å²) in [5.41, 5.74) is 0.866.